The van der Waals surface area contributed by atoms with E-state index >= 15 is 4.39 Å². The molecular formula is C31H42FN9O3. The molecule has 12 nitrogen and oxygen atoms in total. The summed E-state index contributed by atoms with van der Waals surface area (Å²) in [6.07, 6.45) is 7.22. The van der Waals surface area contributed by atoms with E-state index in [4.69, 9.17) is 14.7 Å². The van der Waals surface area contributed by atoms with Crippen molar-refractivity contribution in [1.29, 1.82) is 0 Å². The standard InChI is InChI=1S/C31H42FN9O3/c1-20(2)25-19-35-41-28(25)37-30(36-23-10-14-44-15-11-23)38-31(41)34-18-22-16-24(7-8-26(22)32)40(27(42)6-5-13-39(3)4)29(43)21-9-12-33-17-21/h5-8,16,19-21,23,33H,9-15,17-18H2,1-4H3,(H2,34,36,37,38). The average molecular weight is 608 g/mol. The van der Waals surface area contributed by atoms with Crippen LogP contribution in [0.2, 0.25) is 0 Å². The average Bonchev–Trinajstić information content (AvgIpc) is 3.69. The number of anilines is 3. The van der Waals surface area contributed by atoms with E-state index in [0.29, 0.717) is 62.5 Å². The van der Waals surface area contributed by atoms with Gasteiger partial charge in [-0.1, -0.05) is 19.9 Å². The first-order valence-electron chi connectivity index (χ1n) is 15.2. The van der Waals surface area contributed by atoms with Crippen LogP contribution in [0, 0.1) is 11.7 Å². The lowest BCUT2D eigenvalue weighted by molar-refractivity contribution is -0.126. The first-order chi connectivity index (χ1) is 21.2. The summed E-state index contributed by atoms with van der Waals surface area (Å²) in [6.45, 7) is 7.28. The number of hydrogen-bond acceptors (Lipinski definition) is 10. The fourth-order valence-electron chi connectivity index (χ4n) is 5.37. The number of imide groups is 1. The molecule has 3 aromatic rings. The molecule has 0 radical (unpaired) electrons. The van der Waals surface area contributed by atoms with E-state index in [-0.39, 0.29) is 35.9 Å². The van der Waals surface area contributed by atoms with Crippen LogP contribution in [0.5, 0.6) is 0 Å². The summed E-state index contributed by atoms with van der Waals surface area (Å²) in [5.74, 6) is -0.537. The number of nitrogens with zero attached hydrogens (tertiary/aromatic N) is 6. The molecule has 2 aliphatic heterocycles. The fraction of sp³-hybridized carbons (Fsp3) is 0.516. The number of fused-ring (bicyclic) bond motifs is 1. The number of carbonyl (C=O) groups excluding carboxylic acids is 2. The Morgan fingerprint density at radius 3 is 2.70 bits per heavy atom. The number of amides is 2. The van der Waals surface area contributed by atoms with Gasteiger partial charge < -0.3 is 25.6 Å². The van der Waals surface area contributed by atoms with Crippen LogP contribution in [0.15, 0.2) is 36.5 Å². The number of hydrogen-bond donors (Lipinski definition) is 3. The van der Waals surface area contributed by atoms with Crippen molar-refractivity contribution in [3.63, 3.8) is 0 Å². The highest BCUT2D eigenvalue weighted by Gasteiger charge is 2.31. The second kappa shape index (κ2) is 14.2. The van der Waals surface area contributed by atoms with E-state index in [9.17, 15) is 9.59 Å². The molecule has 4 heterocycles. The van der Waals surface area contributed by atoms with Crippen LogP contribution in [-0.2, 0) is 20.9 Å². The van der Waals surface area contributed by atoms with Crippen molar-refractivity contribution < 1.29 is 18.7 Å². The SMILES string of the molecule is CC(C)c1cnn2c(NCc3cc(N(C(=O)C=CCN(C)C)C(=O)C4CCNC4)ccc3F)nc(NC3CCOCC3)nc12. The Hall–Kier alpha value is -3.94. The predicted molar refractivity (Wildman–Crippen MR) is 167 cm³/mol. The van der Waals surface area contributed by atoms with Gasteiger partial charge in [0.25, 0.3) is 5.91 Å². The lowest BCUT2D eigenvalue weighted by atomic mass is 10.1. The van der Waals surface area contributed by atoms with Gasteiger partial charge in [-0.25, -0.2) is 9.29 Å². The molecule has 0 spiro atoms. The van der Waals surface area contributed by atoms with Crippen molar-refractivity contribution >= 4 is 35.0 Å². The molecule has 0 bridgehead atoms. The van der Waals surface area contributed by atoms with Gasteiger partial charge in [0.2, 0.25) is 17.8 Å². The van der Waals surface area contributed by atoms with E-state index in [0.717, 1.165) is 23.3 Å². The van der Waals surface area contributed by atoms with Crippen molar-refractivity contribution in [2.24, 2.45) is 5.92 Å². The van der Waals surface area contributed by atoms with Gasteiger partial charge in [0, 0.05) is 56.1 Å². The summed E-state index contributed by atoms with van der Waals surface area (Å²) in [6, 6.07) is 4.48. The number of benzene rings is 1. The van der Waals surface area contributed by atoms with Crippen LogP contribution >= 0.6 is 0 Å². The minimum absolute atomic E-state index is 0.0387. The number of rotatable bonds is 11. The van der Waals surface area contributed by atoms with E-state index < -0.39 is 11.7 Å². The van der Waals surface area contributed by atoms with Crippen LogP contribution in [-0.4, -0.2) is 89.3 Å². The molecule has 0 aliphatic carbocycles. The van der Waals surface area contributed by atoms with Crippen molar-refractivity contribution in [1.82, 2.24) is 29.8 Å². The highest BCUT2D eigenvalue weighted by Crippen LogP contribution is 2.26. The van der Waals surface area contributed by atoms with E-state index in [1.54, 1.807) is 22.9 Å². The van der Waals surface area contributed by atoms with Crippen molar-refractivity contribution in [3.05, 3.63) is 53.5 Å². The fourth-order valence-corrected chi connectivity index (χ4v) is 5.37. The lowest BCUT2D eigenvalue weighted by Crippen LogP contribution is -2.41. The molecule has 44 heavy (non-hydrogen) atoms. The molecule has 1 unspecified atom stereocenters. The molecule has 2 amide bonds. The van der Waals surface area contributed by atoms with Crippen LogP contribution in [0.3, 0.4) is 0 Å². The molecular weight excluding hydrogens is 565 g/mol. The quantitative estimate of drug-likeness (QED) is 0.280. The third-order valence-corrected chi connectivity index (χ3v) is 7.88. The van der Waals surface area contributed by atoms with Gasteiger partial charge in [-0.3, -0.25) is 9.59 Å². The summed E-state index contributed by atoms with van der Waals surface area (Å²) in [5, 5.41) is 14.3. The van der Waals surface area contributed by atoms with Crippen LogP contribution in [0.25, 0.3) is 5.65 Å². The largest absolute Gasteiger partial charge is 0.381 e. The molecule has 1 aromatic carbocycles. The number of likely N-dealkylation sites (N-methyl/N-ethyl adjacent to an activating group) is 1. The second-order valence-corrected chi connectivity index (χ2v) is 11.9. The predicted octanol–water partition coefficient (Wildman–Crippen LogP) is 3.18. The van der Waals surface area contributed by atoms with Gasteiger partial charge in [0.1, 0.15) is 5.82 Å². The van der Waals surface area contributed by atoms with Crippen LogP contribution in [0.4, 0.5) is 22.0 Å². The van der Waals surface area contributed by atoms with Gasteiger partial charge in [-0.15, -0.1) is 0 Å². The number of nitrogens with one attached hydrogen (secondary N) is 3. The lowest BCUT2D eigenvalue weighted by Gasteiger charge is -2.24. The summed E-state index contributed by atoms with van der Waals surface area (Å²) in [7, 11) is 3.78. The van der Waals surface area contributed by atoms with Crippen molar-refractivity contribution in [2.75, 3.05) is 62.5 Å². The Labute approximate surface area is 257 Å². The van der Waals surface area contributed by atoms with Crippen LogP contribution in [0.1, 0.15) is 50.2 Å². The second-order valence-electron chi connectivity index (χ2n) is 11.9. The molecule has 0 saturated carbocycles. The number of aromatic nitrogens is 4. The Kier molecular flexibility index (Phi) is 10.2. The topological polar surface area (TPSA) is 129 Å². The van der Waals surface area contributed by atoms with Gasteiger partial charge in [0.05, 0.1) is 17.8 Å². The molecule has 1 atom stereocenters. The third-order valence-electron chi connectivity index (χ3n) is 7.88. The number of ether oxygens (including phenoxy) is 1. The van der Waals surface area contributed by atoms with Gasteiger partial charge in [-0.05, 0) is 64.0 Å². The zero-order chi connectivity index (χ0) is 31.2. The molecule has 2 aromatic heterocycles. The Morgan fingerprint density at radius 2 is 2.00 bits per heavy atom. The van der Waals surface area contributed by atoms with E-state index in [1.807, 2.05) is 19.0 Å². The zero-order valence-corrected chi connectivity index (χ0v) is 25.8. The zero-order valence-electron chi connectivity index (χ0n) is 25.8. The summed E-state index contributed by atoms with van der Waals surface area (Å²) < 4.78 is 22.3. The highest BCUT2D eigenvalue weighted by molar-refractivity contribution is 6.19. The number of carbonyl (C=O) groups is 2. The summed E-state index contributed by atoms with van der Waals surface area (Å²) in [5.41, 5.74) is 2.22. The maximum absolute atomic E-state index is 15.2. The van der Waals surface area contributed by atoms with Gasteiger partial charge >= 0.3 is 0 Å². The minimum atomic E-state index is -0.471. The first-order valence-corrected chi connectivity index (χ1v) is 15.2. The molecule has 5 rings (SSSR count). The molecule has 2 fully saturated rings. The Bertz CT molecular complexity index is 1490. The maximum atomic E-state index is 15.2. The highest BCUT2D eigenvalue weighted by atomic mass is 19.1. The number of halogens is 1. The van der Waals surface area contributed by atoms with Gasteiger partial charge in [-0.2, -0.15) is 19.6 Å². The smallest absolute Gasteiger partial charge is 0.257 e. The monoisotopic (exact) mass is 607 g/mol. The molecule has 2 saturated heterocycles. The summed E-state index contributed by atoms with van der Waals surface area (Å²) in [4.78, 5) is 39.4. The normalized spacial score (nSPS) is 17.7. The Morgan fingerprint density at radius 1 is 1.20 bits per heavy atom. The van der Waals surface area contributed by atoms with Crippen molar-refractivity contribution in [3.8, 4) is 0 Å². The molecule has 3 N–H and O–H groups in total. The van der Waals surface area contributed by atoms with Gasteiger partial charge in [0.15, 0.2) is 5.65 Å². The van der Waals surface area contributed by atoms with Crippen LogP contribution < -0.4 is 20.9 Å². The molecule has 236 valence electrons. The Balaban J connectivity index is 1.43. The maximum Gasteiger partial charge on any atom is 0.257 e. The molecule has 13 heteroatoms. The molecule has 2 aliphatic rings. The summed E-state index contributed by atoms with van der Waals surface area (Å²) >= 11 is 0. The van der Waals surface area contributed by atoms with E-state index in [1.165, 1.54) is 18.2 Å². The van der Waals surface area contributed by atoms with Crippen molar-refractivity contribution in [2.45, 2.75) is 51.6 Å². The third kappa shape index (κ3) is 7.40. The first kappa shape index (κ1) is 31.5. The van der Waals surface area contributed by atoms with E-state index in [2.05, 4.69) is 34.9 Å². The minimum Gasteiger partial charge on any atom is -0.381 e.